The molecule has 0 saturated carbocycles. The Morgan fingerprint density at radius 1 is 0.692 bits per heavy atom. The molecule has 0 atom stereocenters. The first-order chi connectivity index (χ1) is 2.00. The standard InChI is InChI=1S/C2H4.CH3I.CH3.6Fe.V.W/c2*1-2;;;;;;;;;/h1-2H2;1H3;1H3;;;;;;;;/q;;-1;;;;;;;;. The zero-order valence-corrected chi connectivity index (χ0v) is 19.9. The fraction of sp³-hybridized carbons (Fsp3) is 0.250. The summed E-state index contributed by atoms with van der Waals surface area (Å²) in [7, 11) is 0. The summed E-state index contributed by atoms with van der Waals surface area (Å²) in [4.78, 5) is 1.97. The van der Waals surface area contributed by atoms with E-state index in [-0.39, 0.29) is 149 Å². The van der Waals surface area contributed by atoms with Crippen LogP contribution in [0.3, 0.4) is 0 Å². The SMILES string of the molecule is C=C.CI.[CH3-].[Fe].[Fe].[Fe].[Fe].[Fe].[Fe].[V].[W]. The number of alkyl halides is 1. The minimum atomic E-state index is 0. The van der Waals surface area contributed by atoms with Crippen molar-refractivity contribution in [1.29, 1.82) is 0 Å². The smallest absolute Gasteiger partial charge is 0 e. The minimum Gasteiger partial charge on any atom is -0.358 e. The van der Waals surface area contributed by atoms with Gasteiger partial charge in [-0.15, -0.1) is 13.2 Å². The van der Waals surface area contributed by atoms with E-state index >= 15 is 0 Å². The predicted molar refractivity (Wildman–Crippen MR) is 37.6 cm³/mol. The molecule has 0 aromatic heterocycles. The van der Waals surface area contributed by atoms with Gasteiger partial charge in [-0.1, -0.05) is 22.6 Å². The molecule has 0 heterocycles. The fourth-order valence-corrected chi connectivity index (χ4v) is 0. The number of halogens is 1. The van der Waals surface area contributed by atoms with Crippen LogP contribution in [-0.4, -0.2) is 4.93 Å². The maximum Gasteiger partial charge on any atom is 0 e. The molecule has 93 valence electrons. The van der Waals surface area contributed by atoms with Gasteiger partial charge in [-0.3, -0.25) is 0 Å². The first kappa shape index (κ1) is 108. The maximum atomic E-state index is 3.00. The second-order valence-electron chi connectivity index (χ2n) is 0. The van der Waals surface area contributed by atoms with Crippen LogP contribution in [0.25, 0.3) is 0 Å². The van der Waals surface area contributed by atoms with Gasteiger partial charge in [-0.25, -0.2) is 0 Å². The molecule has 0 aliphatic rings. The minimum absolute atomic E-state index is 0. The Morgan fingerprint density at radius 2 is 0.692 bits per heavy atom. The average molecular weight is 755 g/mol. The van der Waals surface area contributed by atoms with Crippen LogP contribution < -0.4 is 0 Å². The fourth-order valence-electron chi connectivity index (χ4n) is 0. The van der Waals surface area contributed by atoms with Gasteiger partial charge in [-0.05, 0) is 4.93 Å². The molecule has 0 spiro atoms. The Kier molecular flexibility index (Phi) is 1490. The quantitative estimate of drug-likeness (QED) is 0.117. The summed E-state index contributed by atoms with van der Waals surface area (Å²) < 4.78 is 0. The molecular weight excluding hydrogens is 745 g/mol. The Labute approximate surface area is 186 Å². The van der Waals surface area contributed by atoms with Gasteiger partial charge >= 0.3 is 0 Å². The van der Waals surface area contributed by atoms with Gasteiger partial charge in [0.05, 0.1) is 0 Å². The number of hydrogen-bond acceptors (Lipinski definition) is 0. The van der Waals surface area contributed by atoms with E-state index in [1.807, 2.05) is 4.93 Å². The largest absolute Gasteiger partial charge is 0.358 e. The first-order valence-electron chi connectivity index (χ1n) is 0.878. The summed E-state index contributed by atoms with van der Waals surface area (Å²) in [5.74, 6) is 0. The molecule has 0 saturated heterocycles. The summed E-state index contributed by atoms with van der Waals surface area (Å²) >= 11 is 2.15. The first-order valence-corrected chi connectivity index (χ1v) is 3.04. The predicted octanol–water partition coefficient (Wildman–Crippen LogP) is 2.28. The van der Waals surface area contributed by atoms with Gasteiger partial charge in [0.25, 0.3) is 0 Å². The van der Waals surface area contributed by atoms with Crippen molar-refractivity contribution in [3.8, 4) is 0 Å². The van der Waals surface area contributed by atoms with Crippen LogP contribution in [0, 0.1) is 7.43 Å². The molecule has 0 N–H and O–H groups in total. The molecule has 1 radical (unpaired) electrons. The monoisotopic (exact) mass is 755 g/mol. The molecule has 9 heteroatoms. The second kappa shape index (κ2) is 180. The van der Waals surface area contributed by atoms with E-state index in [2.05, 4.69) is 35.7 Å². The molecular formula is C4H10Fe6IVW-. The molecule has 0 unspecified atom stereocenters. The van der Waals surface area contributed by atoms with Crippen LogP contribution in [0.5, 0.6) is 0 Å². The molecule has 0 aliphatic heterocycles. The average Bonchev–Trinajstić information content (AvgIpc) is 1.50. The zero-order chi connectivity index (χ0) is 4.00. The van der Waals surface area contributed by atoms with Crippen molar-refractivity contribution in [2.75, 3.05) is 4.93 Å². The van der Waals surface area contributed by atoms with Crippen molar-refractivity contribution in [3.05, 3.63) is 20.6 Å². The molecule has 0 bridgehead atoms. The van der Waals surface area contributed by atoms with Gasteiger partial charge in [0.2, 0.25) is 0 Å². The molecule has 0 fully saturated rings. The molecule has 0 nitrogen and oxygen atoms in total. The van der Waals surface area contributed by atoms with Crippen molar-refractivity contribution < 1.29 is 142 Å². The Bertz CT molecular complexity index is 24.6. The van der Waals surface area contributed by atoms with Gasteiger partial charge in [-0.2, -0.15) is 0 Å². The third-order valence-corrected chi connectivity index (χ3v) is 0. The van der Waals surface area contributed by atoms with Crippen LogP contribution in [0.4, 0.5) is 0 Å². The summed E-state index contributed by atoms with van der Waals surface area (Å²) in [6, 6.07) is 0. The van der Waals surface area contributed by atoms with Crippen LogP contribution >= 0.6 is 22.6 Å². The van der Waals surface area contributed by atoms with E-state index in [1.165, 1.54) is 0 Å². The Morgan fingerprint density at radius 3 is 0.692 bits per heavy atom. The van der Waals surface area contributed by atoms with Crippen molar-refractivity contribution in [1.82, 2.24) is 0 Å². The number of rotatable bonds is 0. The topological polar surface area (TPSA) is 0 Å². The zero-order valence-electron chi connectivity index (χ0n) is 6.77. The summed E-state index contributed by atoms with van der Waals surface area (Å²) in [6.45, 7) is 6.00. The van der Waals surface area contributed by atoms with Gasteiger partial charge < -0.3 is 7.43 Å². The van der Waals surface area contributed by atoms with Crippen LogP contribution in [0.1, 0.15) is 0 Å². The molecule has 13 heavy (non-hydrogen) atoms. The van der Waals surface area contributed by atoms with Gasteiger partial charge in [0.15, 0.2) is 0 Å². The van der Waals surface area contributed by atoms with Crippen molar-refractivity contribution >= 4 is 22.6 Å². The molecule has 0 aromatic carbocycles. The third-order valence-electron chi connectivity index (χ3n) is 0. The van der Waals surface area contributed by atoms with Gasteiger partial charge in [0, 0.05) is 142 Å². The summed E-state index contributed by atoms with van der Waals surface area (Å²) in [6.07, 6.45) is 0. The van der Waals surface area contributed by atoms with E-state index in [0.29, 0.717) is 0 Å². The van der Waals surface area contributed by atoms with Crippen molar-refractivity contribution in [2.45, 2.75) is 0 Å². The van der Waals surface area contributed by atoms with Crippen LogP contribution in [-0.2, 0) is 142 Å². The van der Waals surface area contributed by atoms with E-state index in [0.717, 1.165) is 0 Å². The van der Waals surface area contributed by atoms with Crippen LogP contribution in [0.15, 0.2) is 13.2 Å². The van der Waals surface area contributed by atoms with Gasteiger partial charge in [0.1, 0.15) is 0 Å². The second-order valence-corrected chi connectivity index (χ2v) is 0. The van der Waals surface area contributed by atoms with E-state index in [1.54, 1.807) is 0 Å². The summed E-state index contributed by atoms with van der Waals surface area (Å²) in [5.41, 5.74) is 0. The molecule has 0 aliphatic carbocycles. The maximum absolute atomic E-state index is 3.00. The van der Waals surface area contributed by atoms with E-state index in [9.17, 15) is 0 Å². The van der Waals surface area contributed by atoms with Crippen LogP contribution in [0.2, 0.25) is 0 Å². The molecule has 0 aromatic rings. The normalized spacial score (nSPS) is 0.769. The van der Waals surface area contributed by atoms with E-state index < -0.39 is 0 Å². The third kappa shape index (κ3) is 158. The number of hydrogen-bond donors (Lipinski definition) is 0. The molecule has 0 rings (SSSR count). The van der Waals surface area contributed by atoms with E-state index in [4.69, 9.17) is 0 Å². The molecule has 0 amide bonds. The Hall–Kier alpha value is 4.86. The Balaban J connectivity index is -0.000000000404. The summed E-state index contributed by atoms with van der Waals surface area (Å²) in [5, 5.41) is 0. The van der Waals surface area contributed by atoms with Crippen molar-refractivity contribution in [2.24, 2.45) is 0 Å². The van der Waals surface area contributed by atoms with Crippen molar-refractivity contribution in [3.63, 3.8) is 0 Å².